The van der Waals surface area contributed by atoms with Crippen molar-refractivity contribution >= 4 is 21.7 Å². The number of ketones is 1. The molecule has 0 saturated carbocycles. The van der Waals surface area contributed by atoms with Crippen LogP contribution in [0.3, 0.4) is 0 Å². The number of allylic oxidation sites excluding steroid dienone is 2. The summed E-state index contributed by atoms with van der Waals surface area (Å²) < 4.78 is 32.5. The van der Waals surface area contributed by atoms with Gasteiger partial charge in [-0.15, -0.1) is 0 Å². The van der Waals surface area contributed by atoms with Crippen LogP contribution in [0, 0.1) is 0 Å². The van der Waals surface area contributed by atoms with Gasteiger partial charge in [0.2, 0.25) is 5.78 Å². The van der Waals surface area contributed by atoms with Gasteiger partial charge >= 0.3 is 5.84 Å². The van der Waals surface area contributed by atoms with Crippen molar-refractivity contribution in [2.24, 2.45) is 0 Å². The molecule has 0 aliphatic carbocycles. The van der Waals surface area contributed by atoms with Gasteiger partial charge in [0.25, 0.3) is 10.1 Å². The van der Waals surface area contributed by atoms with Crippen LogP contribution in [0.1, 0.15) is 71.1 Å². The fourth-order valence-electron chi connectivity index (χ4n) is 3.96. The second-order valence-electron chi connectivity index (χ2n) is 8.24. The van der Waals surface area contributed by atoms with Crippen molar-refractivity contribution in [3.05, 3.63) is 12.2 Å². The first kappa shape index (κ1) is 27.7. The van der Waals surface area contributed by atoms with Crippen molar-refractivity contribution in [2.45, 2.75) is 77.2 Å². The Bertz CT molecular complexity index is 690. The standard InChI is InChI=1S/C22H40N2O6S/c1-2-3-4-5-6-7-8-9-10-11-12-13-21(27)22-23(16-17-25)14-15-24(22)18-20(26)19-31(28,29)30/h2-3,20,25-26H,4-19H2,1H3/p+1/b3-2+. The Kier molecular flexibility index (Phi) is 13.9. The quantitative estimate of drug-likeness (QED) is 0.124. The summed E-state index contributed by atoms with van der Waals surface area (Å²) in [6.45, 7) is 3.24. The summed E-state index contributed by atoms with van der Waals surface area (Å²) in [6, 6.07) is 0. The van der Waals surface area contributed by atoms with Crippen LogP contribution in [-0.2, 0) is 14.9 Å². The Morgan fingerprint density at radius 1 is 1.13 bits per heavy atom. The Morgan fingerprint density at radius 3 is 2.32 bits per heavy atom. The Balaban J connectivity index is 2.41. The lowest BCUT2D eigenvalue weighted by molar-refractivity contribution is -0.525. The number of aliphatic hydroxyl groups is 2. The minimum atomic E-state index is -4.29. The van der Waals surface area contributed by atoms with Gasteiger partial charge in [-0.1, -0.05) is 50.7 Å². The van der Waals surface area contributed by atoms with Gasteiger partial charge in [0.05, 0.1) is 6.61 Å². The molecule has 0 fully saturated rings. The zero-order valence-corrected chi connectivity index (χ0v) is 19.7. The highest BCUT2D eigenvalue weighted by Gasteiger charge is 2.36. The molecule has 1 atom stereocenters. The third-order valence-electron chi connectivity index (χ3n) is 5.45. The Labute approximate surface area is 187 Å². The van der Waals surface area contributed by atoms with E-state index in [0.29, 0.717) is 31.9 Å². The van der Waals surface area contributed by atoms with Crippen LogP contribution < -0.4 is 0 Å². The molecule has 1 rings (SSSR count). The lowest BCUT2D eigenvalue weighted by atomic mass is 10.0. The summed E-state index contributed by atoms with van der Waals surface area (Å²) in [6.07, 6.45) is 13.6. The molecular weight excluding hydrogens is 420 g/mol. The highest BCUT2D eigenvalue weighted by Crippen LogP contribution is 2.13. The highest BCUT2D eigenvalue weighted by atomic mass is 32.2. The van der Waals surface area contributed by atoms with Crippen LogP contribution in [0.25, 0.3) is 0 Å². The fraction of sp³-hybridized carbons (Fsp3) is 0.818. The van der Waals surface area contributed by atoms with Gasteiger partial charge in [-0.3, -0.25) is 18.8 Å². The number of hydrogen-bond acceptors (Lipinski definition) is 6. The number of hydrogen-bond donors (Lipinski definition) is 3. The zero-order chi connectivity index (χ0) is 23.1. The number of unbranched alkanes of at least 4 members (excludes halogenated alkanes) is 8. The van der Waals surface area contributed by atoms with E-state index >= 15 is 0 Å². The molecule has 0 saturated heterocycles. The van der Waals surface area contributed by atoms with E-state index in [-0.39, 0.29) is 18.9 Å². The molecule has 180 valence electrons. The second kappa shape index (κ2) is 15.5. The summed E-state index contributed by atoms with van der Waals surface area (Å²) in [5, 5.41) is 19.2. The van der Waals surface area contributed by atoms with Crippen LogP contribution in [0.2, 0.25) is 0 Å². The van der Waals surface area contributed by atoms with Crippen LogP contribution in [0.4, 0.5) is 0 Å². The molecule has 0 spiro atoms. The SMILES string of the molecule is C/C=C/CCCCCCCCCCC(=O)C1=[N+](CC(O)CS(=O)(=O)O)CCN1CCO. The molecule has 1 aliphatic heterocycles. The second-order valence-corrected chi connectivity index (χ2v) is 9.74. The number of rotatable bonds is 18. The minimum absolute atomic E-state index is 0.0448. The summed E-state index contributed by atoms with van der Waals surface area (Å²) in [5.41, 5.74) is 0. The van der Waals surface area contributed by atoms with E-state index in [1.54, 1.807) is 9.48 Å². The maximum absolute atomic E-state index is 12.8. The number of nitrogens with zero attached hydrogens (tertiary/aromatic N) is 2. The molecule has 0 aromatic rings. The third kappa shape index (κ3) is 12.4. The van der Waals surface area contributed by atoms with Crippen molar-refractivity contribution in [1.29, 1.82) is 0 Å². The lowest BCUT2D eigenvalue weighted by Gasteiger charge is -2.13. The summed E-state index contributed by atoms with van der Waals surface area (Å²) in [7, 11) is -4.29. The highest BCUT2D eigenvalue weighted by molar-refractivity contribution is 7.85. The average molecular weight is 462 g/mol. The van der Waals surface area contributed by atoms with Gasteiger partial charge in [0, 0.05) is 6.42 Å². The summed E-state index contributed by atoms with van der Waals surface area (Å²) in [5.74, 6) is -0.376. The topological polar surface area (TPSA) is 118 Å². The third-order valence-corrected chi connectivity index (χ3v) is 6.26. The lowest BCUT2D eigenvalue weighted by Crippen LogP contribution is -2.40. The maximum atomic E-state index is 12.8. The number of β-amino-alcohol motifs (C(OH)–C–C–N with tert-alkyl or cyclic N) is 2. The molecule has 0 radical (unpaired) electrons. The van der Waals surface area contributed by atoms with E-state index in [2.05, 4.69) is 12.2 Å². The van der Waals surface area contributed by atoms with E-state index in [9.17, 15) is 23.4 Å². The number of Topliss-reactive ketones (excluding diaryl/α,β-unsaturated/α-hetero) is 1. The van der Waals surface area contributed by atoms with Crippen molar-refractivity contribution in [3.63, 3.8) is 0 Å². The predicted octanol–water partition coefficient (Wildman–Crippen LogP) is 2.00. The van der Waals surface area contributed by atoms with E-state index < -0.39 is 22.0 Å². The van der Waals surface area contributed by atoms with Gasteiger partial charge in [0.15, 0.2) is 0 Å². The van der Waals surface area contributed by atoms with Crippen molar-refractivity contribution < 1.29 is 32.6 Å². The maximum Gasteiger partial charge on any atom is 0.316 e. The Hall–Kier alpha value is -1.29. The largest absolute Gasteiger partial charge is 0.392 e. The van der Waals surface area contributed by atoms with Crippen LogP contribution in [0.15, 0.2) is 12.2 Å². The molecule has 31 heavy (non-hydrogen) atoms. The molecule has 1 unspecified atom stereocenters. The number of carbonyl (C=O) groups is 1. The molecule has 0 aromatic carbocycles. The number of aliphatic hydroxyl groups excluding tert-OH is 2. The van der Waals surface area contributed by atoms with Crippen LogP contribution in [-0.4, -0.2) is 88.9 Å². The molecule has 3 N–H and O–H groups in total. The van der Waals surface area contributed by atoms with E-state index in [1.807, 2.05) is 6.92 Å². The first-order valence-corrected chi connectivity index (χ1v) is 13.1. The van der Waals surface area contributed by atoms with Gasteiger partial charge in [0.1, 0.15) is 38.0 Å². The van der Waals surface area contributed by atoms with E-state index in [4.69, 9.17) is 4.55 Å². The molecule has 0 aromatic heterocycles. The van der Waals surface area contributed by atoms with E-state index in [0.717, 1.165) is 25.7 Å². The van der Waals surface area contributed by atoms with Gasteiger partial charge < -0.3 is 10.2 Å². The van der Waals surface area contributed by atoms with Crippen molar-refractivity contribution in [1.82, 2.24) is 4.90 Å². The van der Waals surface area contributed by atoms with Gasteiger partial charge in [-0.05, 0) is 26.2 Å². The van der Waals surface area contributed by atoms with Crippen LogP contribution in [0.5, 0.6) is 0 Å². The first-order valence-electron chi connectivity index (χ1n) is 11.5. The number of amidine groups is 1. The molecule has 8 nitrogen and oxygen atoms in total. The molecule has 0 amide bonds. The molecule has 1 heterocycles. The smallest absolute Gasteiger partial charge is 0.316 e. The molecule has 0 bridgehead atoms. The molecule has 9 heteroatoms. The van der Waals surface area contributed by atoms with Crippen molar-refractivity contribution in [3.8, 4) is 0 Å². The van der Waals surface area contributed by atoms with E-state index in [1.165, 1.54) is 32.1 Å². The van der Waals surface area contributed by atoms with Gasteiger partial charge in [-0.25, -0.2) is 0 Å². The van der Waals surface area contributed by atoms with Crippen LogP contribution >= 0.6 is 0 Å². The van der Waals surface area contributed by atoms with Crippen molar-refractivity contribution in [2.75, 3.05) is 38.5 Å². The normalized spacial score (nSPS) is 15.9. The van der Waals surface area contributed by atoms with Gasteiger partial charge in [-0.2, -0.15) is 8.42 Å². The minimum Gasteiger partial charge on any atom is -0.392 e. The number of carbonyl (C=O) groups excluding carboxylic acids is 1. The Morgan fingerprint density at radius 2 is 1.74 bits per heavy atom. The zero-order valence-electron chi connectivity index (χ0n) is 18.9. The molecule has 1 aliphatic rings. The monoisotopic (exact) mass is 461 g/mol. The fourth-order valence-corrected chi connectivity index (χ4v) is 4.55. The summed E-state index contributed by atoms with van der Waals surface area (Å²) in [4.78, 5) is 14.6. The molecular formula is C22H41N2O6S+. The average Bonchev–Trinajstić information content (AvgIpc) is 3.06. The first-order chi connectivity index (χ1) is 14.8. The predicted molar refractivity (Wildman–Crippen MR) is 122 cm³/mol. The summed E-state index contributed by atoms with van der Waals surface area (Å²) >= 11 is 0.